The smallest absolute Gasteiger partial charge is 0.337 e. The lowest BCUT2D eigenvalue weighted by atomic mass is 9.67. The second-order valence-corrected chi connectivity index (χ2v) is 5.35. The maximum absolute atomic E-state index is 12.0. The summed E-state index contributed by atoms with van der Waals surface area (Å²) >= 11 is 0. The molecule has 2 bridgehead atoms. The van der Waals surface area contributed by atoms with E-state index in [1.807, 2.05) is 6.92 Å². The Bertz CT molecular complexity index is 470. The molecule has 0 aromatic carbocycles. The monoisotopic (exact) mass is 266 g/mol. The van der Waals surface area contributed by atoms with Gasteiger partial charge in [-0.2, -0.15) is 0 Å². The van der Waals surface area contributed by atoms with Crippen LogP contribution in [0.1, 0.15) is 19.8 Å². The SMILES string of the molecule is COC(=O)C1=C(O)C[C@H]2C=C(C)C[C@@H]1C21OCCO1. The molecule has 1 aliphatic heterocycles. The molecule has 5 heteroatoms. The van der Waals surface area contributed by atoms with Crippen molar-refractivity contribution in [2.75, 3.05) is 20.3 Å². The Kier molecular flexibility index (Phi) is 2.91. The number of allylic oxidation sites excluding steroid dienone is 2. The minimum absolute atomic E-state index is 0.0397. The molecular weight excluding hydrogens is 248 g/mol. The number of carbonyl (C=O) groups is 1. The van der Waals surface area contributed by atoms with Crippen LogP contribution in [0.25, 0.3) is 0 Å². The number of aliphatic hydroxyl groups is 1. The van der Waals surface area contributed by atoms with Gasteiger partial charge in [0, 0.05) is 12.3 Å². The van der Waals surface area contributed by atoms with E-state index in [-0.39, 0.29) is 17.6 Å². The molecule has 19 heavy (non-hydrogen) atoms. The topological polar surface area (TPSA) is 65.0 Å². The standard InChI is InChI=1S/C14H18O5/c1-8-5-9-7-11(15)12(13(16)17-2)10(6-8)14(9)18-3-4-19-14/h5,9-10,15H,3-4,6-7H2,1-2H3/t9-,10+/m1/s1. The summed E-state index contributed by atoms with van der Waals surface area (Å²) in [5.74, 6) is -1.51. The van der Waals surface area contributed by atoms with Gasteiger partial charge in [-0.15, -0.1) is 0 Å². The number of methoxy groups -OCH3 is 1. The molecule has 104 valence electrons. The van der Waals surface area contributed by atoms with Crippen LogP contribution in [0.3, 0.4) is 0 Å². The zero-order valence-corrected chi connectivity index (χ0v) is 11.1. The summed E-state index contributed by atoms with van der Waals surface area (Å²) in [6.07, 6.45) is 3.09. The van der Waals surface area contributed by atoms with Crippen molar-refractivity contribution in [3.05, 3.63) is 23.0 Å². The Hall–Kier alpha value is -1.33. The van der Waals surface area contributed by atoms with E-state index in [9.17, 15) is 9.90 Å². The molecule has 1 N–H and O–H groups in total. The molecule has 0 aromatic rings. The predicted molar refractivity (Wildman–Crippen MR) is 66.3 cm³/mol. The quantitative estimate of drug-likeness (QED) is 0.578. The highest BCUT2D eigenvalue weighted by molar-refractivity contribution is 5.90. The molecule has 3 rings (SSSR count). The molecular formula is C14H18O5. The molecule has 0 saturated carbocycles. The van der Waals surface area contributed by atoms with Crippen molar-refractivity contribution in [2.45, 2.75) is 25.6 Å². The van der Waals surface area contributed by atoms with Gasteiger partial charge in [0.1, 0.15) is 5.76 Å². The van der Waals surface area contributed by atoms with E-state index in [0.717, 1.165) is 0 Å². The van der Waals surface area contributed by atoms with E-state index in [1.54, 1.807) is 0 Å². The molecule has 5 nitrogen and oxygen atoms in total. The number of aliphatic hydroxyl groups excluding tert-OH is 1. The van der Waals surface area contributed by atoms with Crippen LogP contribution < -0.4 is 0 Å². The molecule has 2 atom stereocenters. The van der Waals surface area contributed by atoms with Crippen molar-refractivity contribution in [2.24, 2.45) is 11.8 Å². The van der Waals surface area contributed by atoms with Gasteiger partial charge in [-0.25, -0.2) is 4.79 Å². The second kappa shape index (κ2) is 4.35. The Morgan fingerprint density at radius 1 is 1.42 bits per heavy atom. The first kappa shape index (κ1) is 12.7. The molecule has 3 aliphatic rings. The number of ether oxygens (including phenoxy) is 3. The molecule has 0 radical (unpaired) electrons. The highest BCUT2D eigenvalue weighted by Crippen LogP contribution is 2.52. The number of esters is 1. The van der Waals surface area contributed by atoms with Gasteiger partial charge in [-0.3, -0.25) is 0 Å². The highest BCUT2D eigenvalue weighted by atomic mass is 16.7. The Labute approximate surface area is 111 Å². The van der Waals surface area contributed by atoms with E-state index in [4.69, 9.17) is 14.2 Å². The minimum Gasteiger partial charge on any atom is -0.512 e. The van der Waals surface area contributed by atoms with Crippen LogP contribution in [0.15, 0.2) is 23.0 Å². The molecule has 2 aliphatic carbocycles. The fraction of sp³-hybridized carbons (Fsp3) is 0.643. The first-order valence-electron chi connectivity index (χ1n) is 6.54. The number of hydrogen-bond donors (Lipinski definition) is 1. The summed E-state index contributed by atoms with van der Waals surface area (Å²) in [6, 6.07) is 0. The lowest BCUT2D eigenvalue weighted by Crippen LogP contribution is -2.52. The zero-order valence-electron chi connectivity index (χ0n) is 11.1. The van der Waals surface area contributed by atoms with Crippen LogP contribution in [0.4, 0.5) is 0 Å². The van der Waals surface area contributed by atoms with Gasteiger partial charge >= 0.3 is 5.97 Å². The van der Waals surface area contributed by atoms with E-state index in [2.05, 4.69) is 6.08 Å². The van der Waals surface area contributed by atoms with Crippen molar-refractivity contribution < 1.29 is 24.1 Å². The van der Waals surface area contributed by atoms with Gasteiger partial charge in [0.25, 0.3) is 0 Å². The molecule has 1 fully saturated rings. The van der Waals surface area contributed by atoms with Crippen molar-refractivity contribution in [3.63, 3.8) is 0 Å². The predicted octanol–water partition coefficient (Wildman–Crippen LogP) is 1.70. The highest BCUT2D eigenvalue weighted by Gasteiger charge is 2.58. The van der Waals surface area contributed by atoms with E-state index in [0.29, 0.717) is 31.6 Å². The summed E-state index contributed by atoms with van der Waals surface area (Å²) in [5, 5.41) is 10.1. The average molecular weight is 266 g/mol. The van der Waals surface area contributed by atoms with Gasteiger partial charge < -0.3 is 19.3 Å². The molecule has 1 spiro atoms. The first-order chi connectivity index (χ1) is 9.08. The lowest BCUT2D eigenvalue weighted by Gasteiger charge is -2.47. The summed E-state index contributed by atoms with van der Waals surface area (Å²) < 4.78 is 16.5. The third-order valence-corrected chi connectivity index (χ3v) is 4.23. The van der Waals surface area contributed by atoms with Crippen LogP contribution >= 0.6 is 0 Å². The van der Waals surface area contributed by atoms with E-state index < -0.39 is 11.8 Å². The van der Waals surface area contributed by atoms with Crippen LogP contribution in [0, 0.1) is 11.8 Å². The third-order valence-electron chi connectivity index (χ3n) is 4.23. The Balaban J connectivity index is 2.08. The maximum atomic E-state index is 12.0. The molecule has 1 saturated heterocycles. The van der Waals surface area contributed by atoms with Gasteiger partial charge in [0.15, 0.2) is 5.79 Å². The number of hydrogen-bond acceptors (Lipinski definition) is 5. The number of rotatable bonds is 1. The normalized spacial score (nSPS) is 32.4. The largest absolute Gasteiger partial charge is 0.512 e. The summed E-state index contributed by atoms with van der Waals surface area (Å²) in [6.45, 7) is 3.07. The van der Waals surface area contributed by atoms with Crippen LogP contribution in [0.5, 0.6) is 0 Å². The average Bonchev–Trinajstić information content (AvgIpc) is 2.83. The van der Waals surface area contributed by atoms with E-state index >= 15 is 0 Å². The Morgan fingerprint density at radius 2 is 2.11 bits per heavy atom. The van der Waals surface area contributed by atoms with Gasteiger partial charge in [0.2, 0.25) is 0 Å². The van der Waals surface area contributed by atoms with Gasteiger partial charge in [0.05, 0.1) is 31.8 Å². The molecule has 0 amide bonds. The summed E-state index contributed by atoms with van der Waals surface area (Å²) in [7, 11) is 1.32. The van der Waals surface area contributed by atoms with Crippen molar-refractivity contribution in [1.29, 1.82) is 0 Å². The van der Waals surface area contributed by atoms with Gasteiger partial charge in [-0.05, 0) is 13.3 Å². The fourth-order valence-corrected chi connectivity index (χ4v) is 3.50. The van der Waals surface area contributed by atoms with Crippen LogP contribution in [0.2, 0.25) is 0 Å². The first-order valence-corrected chi connectivity index (χ1v) is 6.54. The van der Waals surface area contributed by atoms with Crippen molar-refractivity contribution in [3.8, 4) is 0 Å². The Morgan fingerprint density at radius 3 is 2.74 bits per heavy atom. The minimum atomic E-state index is -0.796. The van der Waals surface area contributed by atoms with Crippen LogP contribution in [-0.4, -0.2) is 37.2 Å². The molecule has 1 heterocycles. The lowest BCUT2D eigenvalue weighted by molar-refractivity contribution is -0.224. The van der Waals surface area contributed by atoms with Gasteiger partial charge in [-0.1, -0.05) is 11.6 Å². The second-order valence-electron chi connectivity index (χ2n) is 5.35. The van der Waals surface area contributed by atoms with Crippen molar-refractivity contribution in [1.82, 2.24) is 0 Å². The summed E-state index contributed by atoms with van der Waals surface area (Å²) in [5.41, 5.74) is 1.50. The van der Waals surface area contributed by atoms with Crippen molar-refractivity contribution >= 4 is 5.97 Å². The zero-order chi connectivity index (χ0) is 13.6. The molecule has 0 unspecified atom stereocenters. The summed E-state index contributed by atoms with van der Waals surface area (Å²) in [4.78, 5) is 12.0. The molecule has 0 aromatic heterocycles. The van der Waals surface area contributed by atoms with E-state index in [1.165, 1.54) is 12.7 Å². The maximum Gasteiger partial charge on any atom is 0.337 e. The third kappa shape index (κ3) is 1.72. The fourth-order valence-electron chi connectivity index (χ4n) is 3.50. The van der Waals surface area contributed by atoms with Crippen LogP contribution in [-0.2, 0) is 19.0 Å². The number of carbonyl (C=O) groups excluding carboxylic acids is 1.